The molecule has 0 aliphatic heterocycles. The summed E-state index contributed by atoms with van der Waals surface area (Å²) in [4.78, 5) is 27.5. The lowest BCUT2D eigenvalue weighted by Gasteiger charge is -2.13. The van der Waals surface area contributed by atoms with Crippen LogP contribution in [0.4, 0.5) is 0 Å². The van der Waals surface area contributed by atoms with E-state index in [9.17, 15) is 9.59 Å². The number of rotatable bonds is 10. The number of carbonyl (C=O) groups excluding carboxylic acids is 2. The van der Waals surface area contributed by atoms with Crippen LogP contribution in [0.1, 0.15) is 36.8 Å². The quantitative estimate of drug-likeness (QED) is 0.375. The summed E-state index contributed by atoms with van der Waals surface area (Å²) in [5.41, 5.74) is 2.75. The van der Waals surface area contributed by atoms with E-state index in [1.54, 1.807) is 12.2 Å². The molecule has 24 heavy (non-hydrogen) atoms. The molecule has 0 heterocycles. The molecule has 0 N–H and O–H groups in total. The first-order valence-electron chi connectivity index (χ1n) is 8.43. The summed E-state index contributed by atoms with van der Waals surface area (Å²) in [5.74, 6) is 0. The largest absolute Gasteiger partial charge is 0.234 e. The minimum atomic E-state index is 0.549. The molecule has 2 rings (SSSR count). The van der Waals surface area contributed by atoms with Crippen LogP contribution in [0, 0.1) is 0 Å². The fourth-order valence-corrected chi connectivity index (χ4v) is 3.00. The van der Waals surface area contributed by atoms with Crippen LogP contribution in [0.2, 0.25) is 0 Å². The van der Waals surface area contributed by atoms with Crippen molar-refractivity contribution in [3.8, 4) is 0 Å². The summed E-state index contributed by atoms with van der Waals surface area (Å²) in [6, 6.07) is 12.8. The zero-order valence-electron chi connectivity index (χ0n) is 13.8. The number of hydrogen-bond donors (Lipinski definition) is 0. The van der Waals surface area contributed by atoms with Crippen molar-refractivity contribution >= 4 is 22.9 Å². The van der Waals surface area contributed by atoms with E-state index in [1.807, 2.05) is 0 Å². The van der Waals surface area contributed by atoms with Gasteiger partial charge in [-0.25, -0.2) is 19.6 Å². The topological polar surface area (TPSA) is 58.9 Å². The number of unbranched alkanes of at least 4 members (excludes halogenated alkanes) is 2. The predicted octanol–water partition coefficient (Wildman–Crippen LogP) is 4.16. The zero-order valence-corrected chi connectivity index (χ0v) is 13.8. The van der Waals surface area contributed by atoms with E-state index in [-0.39, 0.29) is 0 Å². The second-order valence-electron chi connectivity index (χ2n) is 5.78. The Morgan fingerprint density at radius 2 is 1.42 bits per heavy atom. The molecule has 124 valence electrons. The fourth-order valence-electron chi connectivity index (χ4n) is 3.00. The van der Waals surface area contributed by atoms with E-state index in [2.05, 4.69) is 46.4 Å². The molecular weight excluding hydrogens is 300 g/mol. The molecule has 4 nitrogen and oxygen atoms in total. The Bertz CT molecular complexity index is 757. The molecule has 0 radical (unpaired) electrons. The van der Waals surface area contributed by atoms with Crippen LogP contribution in [0.25, 0.3) is 10.8 Å². The van der Waals surface area contributed by atoms with Crippen LogP contribution >= 0.6 is 0 Å². The number of fused-ring (bicyclic) bond motifs is 1. The maximum absolute atomic E-state index is 10.1. The highest BCUT2D eigenvalue weighted by atomic mass is 16.1. The molecule has 0 aromatic heterocycles. The molecule has 0 aliphatic carbocycles. The van der Waals surface area contributed by atoms with Crippen molar-refractivity contribution in [3.05, 3.63) is 47.5 Å². The summed E-state index contributed by atoms with van der Waals surface area (Å²) < 4.78 is 0. The van der Waals surface area contributed by atoms with Crippen molar-refractivity contribution in [1.29, 1.82) is 0 Å². The molecule has 0 bridgehead atoms. The van der Waals surface area contributed by atoms with Crippen LogP contribution < -0.4 is 0 Å². The van der Waals surface area contributed by atoms with Gasteiger partial charge in [0, 0.05) is 0 Å². The van der Waals surface area contributed by atoms with Crippen molar-refractivity contribution in [2.45, 2.75) is 38.5 Å². The molecular formula is C20H22N2O2. The summed E-state index contributed by atoms with van der Waals surface area (Å²) in [5, 5.41) is 2.56. The summed E-state index contributed by atoms with van der Waals surface area (Å²) >= 11 is 0. The van der Waals surface area contributed by atoms with Gasteiger partial charge in [0.25, 0.3) is 0 Å². The maximum Gasteiger partial charge on any atom is 0.234 e. The average Bonchev–Trinajstić information content (AvgIpc) is 2.62. The van der Waals surface area contributed by atoms with Gasteiger partial charge in [0.1, 0.15) is 0 Å². The van der Waals surface area contributed by atoms with E-state index >= 15 is 0 Å². The van der Waals surface area contributed by atoms with Gasteiger partial charge in [0.15, 0.2) is 0 Å². The highest BCUT2D eigenvalue weighted by Crippen LogP contribution is 2.25. The summed E-state index contributed by atoms with van der Waals surface area (Å²) in [6.07, 6.45) is 8.95. The predicted molar refractivity (Wildman–Crippen MR) is 95.8 cm³/mol. The lowest BCUT2D eigenvalue weighted by Crippen LogP contribution is -1.98. The van der Waals surface area contributed by atoms with E-state index < -0.39 is 0 Å². The molecule has 0 atom stereocenters. The lowest BCUT2D eigenvalue weighted by molar-refractivity contribution is 0.561. The van der Waals surface area contributed by atoms with Gasteiger partial charge in [-0.05, 0) is 60.4 Å². The Hall–Kier alpha value is -2.54. The van der Waals surface area contributed by atoms with E-state index in [0.717, 1.165) is 38.5 Å². The van der Waals surface area contributed by atoms with Crippen LogP contribution in [0.15, 0.2) is 46.4 Å². The molecule has 0 saturated carbocycles. The molecule has 0 saturated heterocycles. The Balaban J connectivity index is 2.10. The third kappa shape index (κ3) is 5.27. The van der Waals surface area contributed by atoms with Gasteiger partial charge < -0.3 is 0 Å². The number of nitrogens with zero attached hydrogens (tertiary/aromatic N) is 2. The van der Waals surface area contributed by atoms with Gasteiger partial charge in [0.2, 0.25) is 12.2 Å². The smallest absolute Gasteiger partial charge is 0.211 e. The van der Waals surface area contributed by atoms with E-state index in [4.69, 9.17) is 0 Å². The van der Waals surface area contributed by atoms with Crippen LogP contribution in [0.3, 0.4) is 0 Å². The Morgan fingerprint density at radius 3 is 2.12 bits per heavy atom. The number of aryl methyl sites for hydroxylation is 2. The van der Waals surface area contributed by atoms with E-state index in [0.29, 0.717) is 13.1 Å². The molecule has 0 fully saturated rings. The number of hydrogen-bond acceptors (Lipinski definition) is 4. The van der Waals surface area contributed by atoms with Gasteiger partial charge in [-0.1, -0.05) is 36.4 Å². The number of isocyanates is 2. The first kappa shape index (κ1) is 17.8. The molecule has 2 aromatic carbocycles. The Labute approximate surface area is 142 Å². The maximum atomic E-state index is 10.1. The molecule has 0 spiro atoms. The Kier molecular flexibility index (Phi) is 7.62. The van der Waals surface area contributed by atoms with Crippen LogP contribution in [-0.2, 0) is 22.4 Å². The van der Waals surface area contributed by atoms with Crippen molar-refractivity contribution in [3.63, 3.8) is 0 Å². The molecule has 0 aliphatic rings. The minimum absolute atomic E-state index is 0.549. The zero-order chi connectivity index (χ0) is 17.0. The minimum Gasteiger partial charge on any atom is -0.211 e. The fraction of sp³-hybridized carbons (Fsp3) is 0.400. The van der Waals surface area contributed by atoms with Gasteiger partial charge in [-0.15, -0.1) is 0 Å². The van der Waals surface area contributed by atoms with Gasteiger partial charge >= 0.3 is 0 Å². The SMILES string of the molecule is O=C=NCCCCc1ccc2ccccc2c1CCCCN=C=O. The first-order valence-corrected chi connectivity index (χ1v) is 8.43. The second kappa shape index (κ2) is 10.3. The second-order valence-corrected chi connectivity index (χ2v) is 5.78. The van der Waals surface area contributed by atoms with Gasteiger partial charge in [-0.2, -0.15) is 0 Å². The normalized spacial score (nSPS) is 10.2. The monoisotopic (exact) mass is 322 g/mol. The highest BCUT2D eigenvalue weighted by Gasteiger charge is 2.07. The van der Waals surface area contributed by atoms with Crippen molar-refractivity contribution in [2.24, 2.45) is 9.98 Å². The first-order chi connectivity index (χ1) is 11.9. The highest BCUT2D eigenvalue weighted by molar-refractivity contribution is 5.86. The third-order valence-corrected chi connectivity index (χ3v) is 4.18. The van der Waals surface area contributed by atoms with Crippen molar-refractivity contribution in [2.75, 3.05) is 13.1 Å². The lowest BCUT2D eigenvalue weighted by atomic mass is 9.92. The van der Waals surface area contributed by atoms with Gasteiger partial charge in [0.05, 0.1) is 13.1 Å². The molecule has 4 heteroatoms. The standard InChI is InChI=1S/C20H22N2O2/c23-15-21-13-5-3-8-18-12-11-17-7-1-2-9-19(17)20(18)10-4-6-14-22-16-24/h1-2,7,9,11-12H,3-6,8,10,13-14H2. The third-order valence-electron chi connectivity index (χ3n) is 4.18. The summed E-state index contributed by atoms with van der Waals surface area (Å²) in [6.45, 7) is 1.10. The molecule has 2 aromatic rings. The van der Waals surface area contributed by atoms with E-state index in [1.165, 1.54) is 21.9 Å². The summed E-state index contributed by atoms with van der Waals surface area (Å²) in [7, 11) is 0. The van der Waals surface area contributed by atoms with Crippen molar-refractivity contribution in [1.82, 2.24) is 0 Å². The molecule has 0 amide bonds. The van der Waals surface area contributed by atoms with Gasteiger partial charge in [-0.3, -0.25) is 0 Å². The molecule has 0 unspecified atom stereocenters. The van der Waals surface area contributed by atoms with Crippen LogP contribution in [0.5, 0.6) is 0 Å². The van der Waals surface area contributed by atoms with Crippen LogP contribution in [-0.4, -0.2) is 25.2 Å². The van der Waals surface area contributed by atoms with Crippen molar-refractivity contribution < 1.29 is 9.59 Å². The average molecular weight is 322 g/mol. The Morgan fingerprint density at radius 1 is 0.750 bits per heavy atom. The number of benzene rings is 2. The number of aliphatic imine (C=N–C) groups is 2.